The Hall–Kier alpha value is -3.69. The molecule has 0 spiro atoms. The van der Waals surface area contributed by atoms with Crippen LogP contribution in [0.1, 0.15) is 21.5 Å². The highest BCUT2D eigenvalue weighted by atomic mass is 35.5. The van der Waals surface area contributed by atoms with Crippen molar-refractivity contribution in [2.75, 3.05) is 5.32 Å². The first-order valence-electron chi connectivity index (χ1n) is 8.22. The molecule has 3 rings (SSSR count). The predicted molar refractivity (Wildman–Crippen MR) is 107 cm³/mol. The van der Waals surface area contributed by atoms with Gasteiger partial charge in [0.1, 0.15) is 16.8 Å². The van der Waals surface area contributed by atoms with Gasteiger partial charge in [-0.1, -0.05) is 41.9 Å². The number of carbonyl (C=O) groups excluding carboxylic acids is 1. The molecule has 0 aliphatic heterocycles. The number of hydrogen-bond acceptors (Lipinski definition) is 4. The van der Waals surface area contributed by atoms with Gasteiger partial charge in [-0.3, -0.25) is 4.79 Å². The van der Waals surface area contributed by atoms with E-state index in [0.717, 1.165) is 16.5 Å². The predicted octanol–water partition coefficient (Wildman–Crippen LogP) is 4.44. The fourth-order valence-electron chi connectivity index (χ4n) is 2.71. The van der Waals surface area contributed by atoms with Crippen LogP contribution in [0.4, 0.5) is 5.69 Å². The quantitative estimate of drug-likeness (QED) is 0.388. The second-order valence-electron chi connectivity index (χ2n) is 5.99. The van der Waals surface area contributed by atoms with Crippen LogP contribution in [0.5, 0.6) is 0 Å². The molecule has 0 bridgehead atoms. The van der Waals surface area contributed by atoms with Crippen molar-refractivity contribution >= 4 is 46.1 Å². The molecule has 0 atom stereocenters. The number of carboxylic acid groups (broad SMARTS) is 1. The van der Waals surface area contributed by atoms with E-state index in [2.05, 4.69) is 10.3 Å². The van der Waals surface area contributed by atoms with Crippen LogP contribution in [0.3, 0.4) is 0 Å². The van der Waals surface area contributed by atoms with Crippen LogP contribution in [-0.4, -0.2) is 22.0 Å². The molecular formula is C21H14ClN3O3. The van der Waals surface area contributed by atoms with Gasteiger partial charge < -0.3 is 10.4 Å². The summed E-state index contributed by atoms with van der Waals surface area (Å²) in [5.41, 5.74) is 1.91. The molecule has 28 heavy (non-hydrogen) atoms. The third-order valence-corrected chi connectivity index (χ3v) is 4.40. The number of aromatic carboxylic acids is 1. The van der Waals surface area contributed by atoms with Crippen LogP contribution in [0.2, 0.25) is 5.15 Å². The Balaban J connectivity index is 1.98. The maximum absolute atomic E-state index is 12.5. The summed E-state index contributed by atoms with van der Waals surface area (Å²) in [6.07, 6.45) is 1.33. The van der Waals surface area contributed by atoms with E-state index in [0.29, 0.717) is 5.56 Å². The Morgan fingerprint density at radius 2 is 1.96 bits per heavy atom. The second kappa shape index (κ2) is 7.91. The number of pyridine rings is 1. The first-order chi connectivity index (χ1) is 13.4. The molecule has 1 amide bonds. The van der Waals surface area contributed by atoms with E-state index in [1.54, 1.807) is 18.2 Å². The molecule has 0 aliphatic carbocycles. The van der Waals surface area contributed by atoms with Crippen molar-refractivity contribution in [1.82, 2.24) is 4.98 Å². The zero-order chi connectivity index (χ0) is 20.3. The zero-order valence-corrected chi connectivity index (χ0v) is 15.5. The number of aryl methyl sites for hydroxylation is 1. The minimum Gasteiger partial charge on any atom is -0.478 e. The number of para-hydroxylation sites is 2. The Bertz CT molecular complexity index is 1180. The Kier molecular flexibility index (Phi) is 5.39. The average molecular weight is 392 g/mol. The molecule has 0 radical (unpaired) electrons. The number of carboxylic acids is 1. The molecule has 138 valence electrons. The minimum atomic E-state index is -1.18. The molecule has 0 saturated heterocycles. The van der Waals surface area contributed by atoms with Crippen molar-refractivity contribution in [3.8, 4) is 6.07 Å². The van der Waals surface area contributed by atoms with Crippen LogP contribution in [0.25, 0.3) is 17.0 Å². The fraction of sp³-hybridized carbons (Fsp3) is 0.0476. The van der Waals surface area contributed by atoms with Crippen molar-refractivity contribution in [3.63, 3.8) is 0 Å². The highest BCUT2D eigenvalue weighted by Crippen LogP contribution is 2.25. The Morgan fingerprint density at radius 1 is 1.21 bits per heavy atom. The van der Waals surface area contributed by atoms with Crippen LogP contribution in [0, 0.1) is 18.3 Å². The molecule has 2 N–H and O–H groups in total. The van der Waals surface area contributed by atoms with Crippen LogP contribution < -0.4 is 5.32 Å². The number of nitriles is 1. The van der Waals surface area contributed by atoms with E-state index in [1.807, 2.05) is 31.2 Å². The lowest BCUT2D eigenvalue weighted by molar-refractivity contribution is -0.112. The number of hydrogen-bond donors (Lipinski definition) is 2. The van der Waals surface area contributed by atoms with Crippen molar-refractivity contribution < 1.29 is 14.7 Å². The number of carbonyl (C=O) groups is 2. The van der Waals surface area contributed by atoms with Crippen molar-refractivity contribution in [2.24, 2.45) is 0 Å². The van der Waals surface area contributed by atoms with Crippen LogP contribution in [0.15, 0.2) is 54.1 Å². The first kappa shape index (κ1) is 19.1. The Morgan fingerprint density at radius 3 is 2.68 bits per heavy atom. The number of halogens is 1. The van der Waals surface area contributed by atoms with Gasteiger partial charge >= 0.3 is 5.97 Å². The topological polar surface area (TPSA) is 103 Å². The summed E-state index contributed by atoms with van der Waals surface area (Å²) in [7, 11) is 0. The molecule has 2 aromatic carbocycles. The summed E-state index contributed by atoms with van der Waals surface area (Å²) in [4.78, 5) is 28.1. The van der Waals surface area contributed by atoms with Gasteiger partial charge in [0.25, 0.3) is 5.91 Å². The number of nitrogens with zero attached hydrogens (tertiary/aromatic N) is 2. The van der Waals surface area contributed by atoms with E-state index in [4.69, 9.17) is 11.6 Å². The third-order valence-electron chi connectivity index (χ3n) is 4.10. The number of rotatable bonds is 4. The molecule has 0 saturated carbocycles. The van der Waals surface area contributed by atoms with Gasteiger partial charge in [-0.05, 0) is 36.8 Å². The molecular weight excluding hydrogens is 378 g/mol. The average Bonchev–Trinajstić information content (AvgIpc) is 2.67. The molecule has 0 fully saturated rings. The monoisotopic (exact) mass is 391 g/mol. The summed E-state index contributed by atoms with van der Waals surface area (Å²) in [5.74, 6) is -1.92. The zero-order valence-electron chi connectivity index (χ0n) is 14.7. The molecule has 7 heteroatoms. The number of nitrogens with one attached hydrogen (secondary N) is 1. The van der Waals surface area contributed by atoms with Gasteiger partial charge in [0.05, 0.1) is 16.8 Å². The number of amides is 1. The smallest absolute Gasteiger partial charge is 0.337 e. The normalized spacial score (nSPS) is 11.1. The van der Waals surface area contributed by atoms with Gasteiger partial charge in [-0.2, -0.15) is 5.26 Å². The molecule has 3 aromatic rings. The summed E-state index contributed by atoms with van der Waals surface area (Å²) in [6, 6.07) is 15.2. The van der Waals surface area contributed by atoms with Crippen molar-refractivity contribution in [3.05, 3.63) is 75.9 Å². The van der Waals surface area contributed by atoms with E-state index in [9.17, 15) is 20.0 Å². The van der Waals surface area contributed by atoms with Crippen molar-refractivity contribution in [1.29, 1.82) is 5.26 Å². The highest BCUT2D eigenvalue weighted by molar-refractivity contribution is 6.31. The second-order valence-corrected chi connectivity index (χ2v) is 6.35. The van der Waals surface area contributed by atoms with Gasteiger partial charge in [0.15, 0.2) is 0 Å². The first-order valence-corrected chi connectivity index (χ1v) is 8.60. The summed E-state index contributed by atoms with van der Waals surface area (Å²) >= 11 is 6.23. The SMILES string of the molecule is Cc1cccc2cc(/C=C(/C#N)C(=O)Nc3ccccc3C(=O)O)c(Cl)nc12. The minimum absolute atomic E-state index is 0.0750. The van der Waals surface area contributed by atoms with Gasteiger partial charge in [-0.25, -0.2) is 9.78 Å². The largest absolute Gasteiger partial charge is 0.478 e. The van der Waals surface area contributed by atoms with Crippen LogP contribution >= 0.6 is 11.6 Å². The van der Waals surface area contributed by atoms with Crippen molar-refractivity contribution in [2.45, 2.75) is 6.92 Å². The van der Waals surface area contributed by atoms with Gasteiger partial charge in [0, 0.05) is 10.9 Å². The van der Waals surface area contributed by atoms with E-state index in [-0.39, 0.29) is 22.0 Å². The summed E-state index contributed by atoms with van der Waals surface area (Å²) in [6.45, 7) is 1.91. The number of anilines is 1. The van der Waals surface area contributed by atoms with Gasteiger partial charge in [-0.15, -0.1) is 0 Å². The highest BCUT2D eigenvalue weighted by Gasteiger charge is 2.16. The lowest BCUT2D eigenvalue weighted by Gasteiger charge is -2.08. The number of benzene rings is 2. The number of fused-ring (bicyclic) bond motifs is 1. The maximum atomic E-state index is 12.5. The summed E-state index contributed by atoms with van der Waals surface area (Å²) < 4.78 is 0. The third kappa shape index (κ3) is 3.85. The van der Waals surface area contributed by atoms with Gasteiger partial charge in [0.2, 0.25) is 0 Å². The molecule has 1 heterocycles. The molecule has 0 aliphatic rings. The lowest BCUT2D eigenvalue weighted by atomic mass is 10.1. The maximum Gasteiger partial charge on any atom is 0.337 e. The molecule has 0 unspecified atom stereocenters. The Labute approximate surface area is 165 Å². The molecule has 1 aromatic heterocycles. The number of aromatic nitrogens is 1. The summed E-state index contributed by atoms with van der Waals surface area (Å²) in [5, 5.41) is 22.1. The van der Waals surface area contributed by atoms with Crippen LogP contribution in [-0.2, 0) is 4.79 Å². The lowest BCUT2D eigenvalue weighted by Crippen LogP contribution is -2.16. The standard InChI is InChI=1S/C21H14ClN3O3/c1-12-5-4-6-13-9-14(19(22)25-18(12)13)10-15(11-23)20(26)24-17-8-3-2-7-16(17)21(27)28/h2-10H,1H3,(H,24,26)(H,27,28)/b15-10-. The van der Waals surface area contributed by atoms with E-state index < -0.39 is 11.9 Å². The molecule has 6 nitrogen and oxygen atoms in total. The van der Waals surface area contributed by atoms with E-state index in [1.165, 1.54) is 18.2 Å². The fourth-order valence-corrected chi connectivity index (χ4v) is 2.91. The van der Waals surface area contributed by atoms with E-state index >= 15 is 0 Å².